The lowest BCUT2D eigenvalue weighted by Gasteiger charge is -2.27. The molecule has 0 bridgehead atoms. The Balaban J connectivity index is 0.925. The Morgan fingerprint density at radius 3 is 1.17 bits per heavy atom. The minimum Gasteiger partial charge on any atom is -0.455 e. The maximum atomic E-state index is 6.41. The van der Waals surface area contributed by atoms with Crippen molar-refractivity contribution in [3.63, 3.8) is 0 Å². The van der Waals surface area contributed by atoms with E-state index in [1.165, 1.54) is 66.8 Å². The van der Waals surface area contributed by atoms with Crippen molar-refractivity contribution in [2.75, 3.05) is 4.90 Å². The smallest absolute Gasteiger partial charge is 0.143 e. The molecule has 0 atom stereocenters. The van der Waals surface area contributed by atoms with E-state index < -0.39 is 0 Å². The molecule has 2 nitrogen and oxygen atoms in total. The Bertz CT molecular complexity index is 3280. The molecule has 0 aliphatic carbocycles. The zero-order chi connectivity index (χ0) is 43.0. The minimum absolute atomic E-state index is 0.914. The van der Waals surface area contributed by atoms with Gasteiger partial charge in [-0.2, -0.15) is 0 Å². The highest BCUT2D eigenvalue weighted by Gasteiger charge is 2.17. The van der Waals surface area contributed by atoms with Gasteiger partial charge in [0.2, 0.25) is 0 Å². The van der Waals surface area contributed by atoms with Crippen LogP contribution in [-0.2, 0) is 0 Å². The van der Waals surface area contributed by atoms with Crippen LogP contribution in [0.5, 0.6) is 0 Å². The second-order valence-corrected chi connectivity index (χ2v) is 16.6. The molecule has 304 valence electrons. The first-order valence-corrected chi connectivity index (χ1v) is 22.0. The van der Waals surface area contributed by atoms with Gasteiger partial charge in [0.15, 0.2) is 0 Å². The standard InChI is InChI=1S/C62H45NO/c1-42-40-52(58-17-11-18-60-59-16-9-10-19-61(59)64-62(58)60)32-38-56(42)57-39-37-55(41-43(57)2)63(53-33-28-50(29-34-53)48-24-20-46(21-25-48)44-12-5-3-6-13-44)54-35-30-51(31-36-54)49-26-22-47(23-27-49)45-14-7-4-8-15-45/h3-41H,1-2H3. The second-order valence-electron chi connectivity index (χ2n) is 16.6. The zero-order valence-electron chi connectivity index (χ0n) is 35.9. The minimum atomic E-state index is 0.914. The summed E-state index contributed by atoms with van der Waals surface area (Å²) in [4.78, 5) is 2.37. The predicted octanol–water partition coefficient (Wildman–Crippen LogP) is 17.7. The Labute approximate surface area is 375 Å². The highest BCUT2D eigenvalue weighted by molar-refractivity contribution is 6.09. The van der Waals surface area contributed by atoms with E-state index in [1.54, 1.807) is 0 Å². The van der Waals surface area contributed by atoms with Gasteiger partial charge in [-0.3, -0.25) is 0 Å². The third-order valence-electron chi connectivity index (χ3n) is 12.6. The number of furan rings is 1. The van der Waals surface area contributed by atoms with E-state index in [1.807, 2.05) is 12.1 Å². The molecule has 0 saturated carbocycles. The van der Waals surface area contributed by atoms with Crippen LogP contribution in [-0.4, -0.2) is 0 Å². The number of hydrogen-bond acceptors (Lipinski definition) is 2. The van der Waals surface area contributed by atoms with E-state index in [2.05, 4.69) is 243 Å². The zero-order valence-corrected chi connectivity index (χ0v) is 35.9. The predicted molar refractivity (Wildman–Crippen MR) is 270 cm³/mol. The molecule has 0 amide bonds. The average Bonchev–Trinajstić information content (AvgIpc) is 3.75. The maximum Gasteiger partial charge on any atom is 0.143 e. The summed E-state index contributed by atoms with van der Waals surface area (Å²) in [6, 6.07) is 85.1. The molecule has 64 heavy (non-hydrogen) atoms. The molecule has 0 unspecified atom stereocenters. The largest absolute Gasteiger partial charge is 0.455 e. The summed E-state index contributed by atoms with van der Waals surface area (Å²) in [5.41, 5.74) is 21.9. The summed E-state index contributed by atoms with van der Waals surface area (Å²) in [5.74, 6) is 0. The van der Waals surface area contributed by atoms with Crippen molar-refractivity contribution in [2.45, 2.75) is 13.8 Å². The number of para-hydroxylation sites is 2. The van der Waals surface area contributed by atoms with Crippen LogP contribution in [0.25, 0.3) is 88.7 Å². The second kappa shape index (κ2) is 16.6. The van der Waals surface area contributed by atoms with Crippen molar-refractivity contribution < 1.29 is 4.42 Å². The summed E-state index contributed by atoms with van der Waals surface area (Å²) in [5, 5.41) is 2.29. The molecular weight excluding hydrogens is 775 g/mol. The first-order chi connectivity index (χ1) is 31.5. The number of anilines is 3. The van der Waals surface area contributed by atoms with Gasteiger partial charge in [0.05, 0.1) is 0 Å². The van der Waals surface area contributed by atoms with Gasteiger partial charge in [-0.05, 0) is 129 Å². The Morgan fingerprint density at radius 1 is 0.281 bits per heavy atom. The third kappa shape index (κ3) is 7.36. The molecule has 0 N–H and O–H groups in total. The molecular formula is C62H45NO. The fraction of sp³-hybridized carbons (Fsp3) is 0.0323. The highest BCUT2D eigenvalue weighted by atomic mass is 16.3. The van der Waals surface area contributed by atoms with Gasteiger partial charge in [-0.15, -0.1) is 0 Å². The topological polar surface area (TPSA) is 16.4 Å². The van der Waals surface area contributed by atoms with Crippen LogP contribution in [0.4, 0.5) is 17.1 Å². The summed E-state index contributed by atoms with van der Waals surface area (Å²) >= 11 is 0. The normalized spacial score (nSPS) is 11.3. The number of hydrogen-bond donors (Lipinski definition) is 0. The van der Waals surface area contributed by atoms with Gasteiger partial charge in [-0.1, -0.05) is 194 Å². The molecule has 1 aromatic heterocycles. The van der Waals surface area contributed by atoms with Crippen LogP contribution in [0.2, 0.25) is 0 Å². The number of benzene rings is 10. The van der Waals surface area contributed by atoms with Crippen molar-refractivity contribution in [3.8, 4) is 66.8 Å². The van der Waals surface area contributed by atoms with Crippen molar-refractivity contribution >= 4 is 39.0 Å². The van der Waals surface area contributed by atoms with Crippen LogP contribution in [0.3, 0.4) is 0 Å². The monoisotopic (exact) mass is 819 g/mol. The van der Waals surface area contributed by atoms with Gasteiger partial charge in [-0.25, -0.2) is 0 Å². The lowest BCUT2D eigenvalue weighted by molar-refractivity contribution is 0.670. The van der Waals surface area contributed by atoms with Crippen molar-refractivity contribution in [1.82, 2.24) is 0 Å². The molecule has 0 aliphatic heterocycles. The lowest BCUT2D eigenvalue weighted by Crippen LogP contribution is -2.10. The Morgan fingerprint density at radius 2 is 0.672 bits per heavy atom. The van der Waals surface area contributed by atoms with Crippen molar-refractivity contribution in [2.24, 2.45) is 0 Å². The molecule has 2 heteroatoms. The summed E-state index contributed by atoms with van der Waals surface area (Å²) in [6.07, 6.45) is 0. The first-order valence-electron chi connectivity index (χ1n) is 22.0. The SMILES string of the molecule is Cc1cc(-c2cccc3c2oc2ccccc23)ccc1-c1ccc(N(c2ccc(-c3ccc(-c4ccccc4)cc3)cc2)c2ccc(-c3ccc(-c4ccccc4)cc3)cc2)cc1C. The van der Waals surface area contributed by atoms with Crippen LogP contribution < -0.4 is 4.90 Å². The van der Waals surface area contributed by atoms with Gasteiger partial charge in [0.1, 0.15) is 11.2 Å². The van der Waals surface area contributed by atoms with Gasteiger partial charge >= 0.3 is 0 Å². The maximum absolute atomic E-state index is 6.41. The molecule has 10 aromatic carbocycles. The summed E-state index contributed by atoms with van der Waals surface area (Å²) in [6.45, 7) is 4.44. The summed E-state index contributed by atoms with van der Waals surface area (Å²) in [7, 11) is 0. The Kier molecular flexibility index (Phi) is 10.0. The Hall–Kier alpha value is -8.20. The molecule has 11 rings (SSSR count). The molecule has 1 heterocycles. The molecule has 0 aliphatic rings. The van der Waals surface area contributed by atoms with Crippen LogP contribution in [0.1, 0.15) is 11.1 Å². The van der Waals surface area contributed by atoms with Gasteiger partial charge in [0, 0.05) is 33.4 Å². The van der Waals surface area contributed by atoms with E-state index in [0.717, 1.165) is 50.1 Å². The number of nitrogens with zero attached hydrogens (tertiary/aromatic N) is 1. The van der Waals surface area contributed by atoms with Gasteiger partial charge < -0.3 is 9.32 Å². The fourth-order valence-electron chi connectivity index (χ4n) is 9.22. The number of aryl methyl sites for hydroxylation is 2. The fourth-order valence-corrected chi connectivity index (χ4v) is 9.22. The van der Waals surface area contributed by atoms with E-state index in [4.69, 9.17) is 4.42 Å². The van der Waals surface area contributed by atoms with Crippen molar-refractivity contribution in [1.29, 1.82) is 0 Å². The summed E-state index contributed by atoms with van der Waals surface area (Å²) < 4.78 is 6.41. The molecule has 11 aromatic rings. The highest BCUT2D eigenvalue weighted by Crippen LogP contribution is 2.41. The molecule has 0 radical (unpaired) electrons. The van der Waals surface area contributed by atoms with E-state index >= 15 is 0 Å². The van der Waals surface area contributed by atoms with E-state index in [9.17, 15) is 0 Å². The third-order valence-corrected chi connectivity index (χ3v) is 12.6. The van der Waals surface area contributed by atoms with Crippen molar-refractivity contribution in [3.05, 3.63) is 248 Å². The van der Waals surface area contributed by atoms with E-state index in [0.29, 0.717) is 0 Å². The number of fused-ring (bicyclic) bond motifs is 3. The van der Waals surface area contributed by atoms with Crippen LogP contribution in [0, 0.1) is 13.8 Å². The van der Waals surface area contributed by atoms with E-state index in [-0.39, 0.29) is 0 Å². The molecule has 0 fully saturated rings. The lowest BCUT2D eigenvalue weighted by atomic mass is 9.92. The average molecular weight is 820 g/mol. The quantitative estimate of drug-likeness (QED) is 0.144. The molecule has 0 saturated heterocycles. The number of rotatable bonds is 9. The van der Waals surface area contributed by atoms with Gasteiger partial charge in [0.25, 0.3) is 0 Å². The first kappa shape index (κ1) is 38.7. The molecule has 0 spiro atoms. The van der Waals surface area contributed by atoms with Crippen LogP contribution in [0.15, 0.2) is 241 Å². The van der Waals surface area contributed by atoms with Crippen LogP contribution >= 0.6 is 0 Å².